The third-order valence-corrected chi connectivity index (χ3v) is 2.20. The fraction of sp³-hybridized carbons (Fsp3) is 0.455. The van der Waals surface area contributed by atoms with Crippen LogP contribution in [-0.2, 0) is 6.42 Å². The van der Waals surface area contributed by atoms with Crippen LogP contribution in [0.15, 0.2) is 12.1 Å². The highest BCUT2D eigenvalue weighted by molar-refractivity contribution is 5.85. The Labute approximate surface area is 102 Å². The molecule has 2 N–H and O–H groups in total. The van der Waals surface area contributed by atoms with Gasteiger partial charge in [0.05, 0.1) is 21.3 Å². The quantitative estimate of drug-likeness (QED) is 0.860. The zero-order valence-corrected chi connectivity index (χ0v) is 10.6. The van der Waals surface area contributed by atoms with Gasteiger partial charge in [-0.1, -0.05) is 6.07 Å². The smallest absolute Gasteiger partial charge is 0.203 e. The number of nitrogens with two attached hydrogens (primary N) is 1. The second-order valence-corrected chi connectivity index (χ2v) is 3.03. The van der Waals surface area contributed by atoms with Crippen molar-refractivity contribution < 1.29 is 14.2 Å². The van der Waals surface area contributed by atoms with Crippen LogP contribution in [0.5, 0.6) is 17.2 Å². The van der Waals surface area contributed by atoms with Crippen molar-refractivity contribution in [3.05, 3.63) is 17.7 Å². The SMILES string of the molecule is COc1ccc(CCN)c(OC)c1OC.Cl. The van der Waals surface area contributed by atoms with E-state index in [1.165, 1.54) is 0 Å². The summed E-state index contributed by atoms with van der Waals surface area (Å²) in [5, 5.41) is 0. The molecule has 0 bridgehead atoms. The minimum atomic E-state index is 0. The van der Waals surface area contributed by atoms with E-state index in [1.54, 1.807) is 21.3 Å². The average molecular weight is 248 g/mol. The van der Waals surface area contributed by atoms with Crippen molar-refractivity contribution in [2.75, 3.05) is 27.9 Å². The van der Waals surface area contributed by atoms with Gasteiger partial charge >= 0.3 is 0 Å². The van der Waals surface area contributed by atoms with Crippen molar-refractivity contribution in [1.29, 1.82) is 0 Å². The number of hydrogen-bond acceptors (Lipinski definition) is 4. The second kappa shape index (κ2) is 7.19. The maximum Gasteiger partial charge on any atom is 0.203 e. The summed E-state index contributed by atoms with van der Waals surface area (Å²) in [5.74, 6) is 1.98. The molecule has 1 aromatic rings. The minimum Gasteiger partial charge on any atom is -0.493 e. The molecule has 4 nitrogen and oxygen atoms in total. The van der Waals surface area contributed by atoms with Crippen molar-refractivity contribution in [3.8, 4) is 17.2 Å². The molecule has 16 heavy (non-hydrogen) atoms. The van der Waals surface area contributed by atoms with Crippen molar-refractivity contribution in [2.45, 2.75) is 6.42 Å². The fourth-order valence-corrected chi connectivity index (χ4v) is 1.52. The van der Waals surface area contributed by atoms with Crippen LogP contribution >= 0.6 is 12.4 Å². The zero-order valence-electron chi connectivity index (χ0n) is 9.78. The van der Waals surface area contributed by atoms with E-state index in [-0.39, 0.29) is 12.4 Å². The third kappa shape index (κ3) is 2.93. The summed E-state index contributed by atoms with van der Waals surface area (Å²) < 4.78 is 15.7. The molecular formula is C11H18ClNO3. The van der Waals surface area contributed by atoms with Crippen molar-refractivity contribution in [2.24, 2.45) is 5.73 Å². The summed E-state index contributed by atoms with van der Waals surface area (Å²) in [6.07, 6.45) is 0.753. The van der Waals surface area contributed by atoms with E-state index in [0.717, 1.165) is 12.0 Å². The molecule has 0 atom stereocenters. The zero-order chi connectivity index (χ0) is 11.3. The monoisotopic (exact) mass is 247 g/mol. The molecule has 0 aliphatic heterocycles. The molecule has 0 aliphatic rings. The summed E-state index contributed by atoms with van der Waals surface area (Å²) >= 11 is 0. The fourth-order valence-electron chi connectivity index (χ4n) is 1.52. The topological polar surface area (TPSA) is 53.7 Å². The van der Waals surface area contributed by atoms with Crippen LogP contribution in [0, 0.1) is 0 Å². The van der Waals surface area contributed by atoms with E-state index in [0.29, 0.717) is 23.8 Å². The van der Waals surface area contributed by atoms with Gasteiger partial charge < -0.3 is 19.9 Å². The summed E-state index contributed by atoms with van der Waals surface area (Å²) in [6, 6.07) is 3.79. The number of hydrogen-bond donors (Lipinski definition) is 1. The van der Waals surface area contributed by atoms with Crippen LogP contribution in [0.3, 0.4) is 0 Å². The van der Waals surface area contributed by atoms with Gasteiger partial charge in [0, 0.05) is 0 Å². The average Bonchev–Trinajstić information content (AvgIpc) is 2.28. The molecule has 0 radical (unpaired) electrons. The van der Waals surface area contributed by atoms with E-state index in [2.05, 4.69) is 0 Å². The number of ether oxygens (including phenoxy) is 3. The van der Waals surface area contributed by atoms with Gasteiger partial charge in [0.15, 0.2) is 11.5 Å². The molecule has 0 fully saturated rings. The summed E-state index contributed by atoms with van der Waals surface area (Å²) in [6.45, 7) is 0.575. The molecule has 0 amide bonds. The van der Waals surface area contributed by atoms with Gasteiger partial charge in [0.1, 0.15) is 0 Å². The maximum atomic E-state index is 5.52. The third-order valence-electron chi connectivity index (χ3n) is 2.20. The lowest BCUT2D eigenvalue weighted by Gasteiger charge is -2.15. The largest absolute Gasteiger partial charge is 0.493 e. The van der Waals surface area contributed by atoms with E-state index >= 15 is 0 Å². The molecule has 5 heteroatoms. The lowest BCUT2D eigenvalue weighted by atomic mass is 10.1. The van der Waals surface area contributed by atoms with Gasteiger partial charge in [-0.15, -0.1) is 12.4 Å². The van der Waals surface area contributed by atoms with Crippen LogP contribution in [0.1, 0.15) is 5.56 Å². The molecule has 0 aromatic heterocycles. The molecule has 0 unspecified atom stereocenters. The molecule has 0 spiro atoms. The van der Waals surface area contributed by atoms with Crippen LogP contribution in [0.4, 0.5) is 0 Å². The predicted molar refractivity (Wildman–Crippen MR) is 66.1 cm³/mol. The predicted octanol–water partition coefficient (Wildman–Crippen LogP) is 1.64. The highest BCUT2D eigenvalue weighted by Gasteiger charge is 2.14. The Morgan fingerprint density at radius 3 is 2.06 bits per heavy atom. The van der Waals surface area contributed by atoms with Gasteiger partial charge in [-0.05, 0) is 24.6 Å². The van der Waals surface area contributed by atoms with Gasteiger partial charge in [0.25, 0.3) is 0 Å². The molecule has 0 saturated heterocycles. The van der Waals surface area contributed by atoms with Crippen molar-refractivity contribution in [1.82, 2.24) is 0 Å². The molecule has 0 saturated carbocycles. The molecule has 1 rings (SSSR count). The van der Waals surface area contributed by atoms with Gasteiger partial charge in [0.2, 0.25) is 5.75 Å². The molecule has 0 heterocycles. The first-order valence-electron chi connectivity index (χ1n) is 4.76. The number of rotatable bonds is 5. The Hall–Kier alpha value is -1.13. The standard InChI is InChI=1S/C11H17NO3.ClH/c1-13-9-5-4-8(6-7-12)10(14-2)11(9)15-3;/h4-5H,6-7,12H2,1-3H3;1H. The Morgan fingerprint density at radius 2 is 1.62 bits per heavy atom. The normalized spacial score (nSPS) is 9.25. The Balaban J connectivity index is 0.00000225. The van der Waals surface area contributed by atoms with Gasteiger partial charge in [-0.2, -0.15) is 0 Å². The van der Waals surface area contributed by atoms with Crippen LogP contribution < -0.4 is 19.9 Å². The van der Waals surface area contributed by atoms with Crippen molar-refractivity contribution in [3.63, 3.8) is 0 Å². The van der Waals surface area contributed by atoms with Gasteiger partial charge in [-0.3, -0.25) is 0 Å². The highest BCUT2D eigenvalue weighted by atomic mass is 35.5. The summed E-state index contributed by atoms with van der Waals surface area (Å²) in [5.41, 5.74) is 6.54. The van der Waals surface area contributed by atoms with E-state index < -0.39 is 0 Å². The van der Waals surface area contributed by atoms with Gasteiger partial charge in [-0.25, -0.2) is 0 Å². The Bertz CT molecular complexity index is 331. The Kier molecular flexibility index (Phi) is 6.69. The lowest BCUT2D eigenvalue weighted by Crippen LogP contribution is -2.05. The van der Waals surface area contributed by atoms with Crippen LogP contribution in [0.25, 0.3) is 0 Å². The lowest BCUT2D eigenvalue weighted by molar-refractivity contribution is 0.322. The first-order valence-corrected chi connectivity index (χ1v) is 4.76. The minimum absolute atomic E-state index is 0. The molecular weight excluding hydrogens is 230 g/mol. The second-order valence-electron chi connectivity index (χ2n) is 3.03. The van der Waals surface area contributed by atoms with Crippen LogP contribution in [-0.4, -0.2) is 27.9 Å². The molecule has 92 valence electrons. The van der Waals surface area contributed by atoms with E-state index in [9.17, 15) is 0 Å². The van der Waals surface area contributed by atoms with E-state index in [4.69, 9.17) is 19.9 Å². The number of halogens is 1. The summed E-state index contributed by atoms with van der Waals surface area (Å²) in [7, 11) is 4.80. The Morgan fingerprint density at radius 1 is 1.00 bits per heavy atom. The number of methoxy groups -OCH3 is 3. The molecule has 0 aliphatic carbocycles. The highest BCUT2D eigenvalue weighted by Crippen LogP contribution is 2.39. The van der Waals surface area contributed by atoms with E-state index in [1.807, 2.05) is 12.1 Å². The first-order chi connectivity index (χ1) is 7.28. The maximum absolute atomic E-state index is 5.52. The van der Waals surface area contributed by atoms with Crippen molar-refractivity contribution >= 4 is 12.4 Å². The summed E-state index contributed by atoms with van der Waals surface area (Å²) in [4.78, 5) is 0. The molecule has 1 aromatic carbocycles. The first kappa shape index (κ1) is 14.9. The number of benzene rings is 1. The van der Waals surface area contributed by atoms with Crippen LogP contribution in [0.2, 0.25) is 0 Å².